The zero-order valence-electron chi connectivity index (χ0n) is 9.46. The average Bonchev–Trinajstić information content (AvgIpc) is 3.05. The van der Waals surface area contributed by atoms with Crippen LogP contribution in [0.3, 0.4) is 0 Å². The van der Waals surface area contributed by atoms with E-state index in [0.29, 0.717) is 0 Å². The van der Waals surface area contributed by atoms with Gasteiger partial charge in [0, 0.05) is 18.5 Å². The van der Waals surface area contributed by atoms with Gasteiger partial charge >= 0.3 is 0 Å². The molecule has 0 aliphatic rings. The van der Waals surface area contributed by atoms with Crippen molar-refractivity contribution in [3.05, 3.63) is 30.8 Å². The number of aromatic nitrogens is 4. The summed E-state index contributed by atoms with van der Waals surface area (Å²) >= 11 is 1.64. The number of thioether (sulfide) groups is 1. The van der Waals surface area contributed by atoms with Crippen LogP contribution in [-0.4, -0.2) is 32.7 Å². The zero-order valence-corrected chi connectivity index (χ0v) is 10.3. The summed E-state index contributed by atoms with van der Waals surface area (Å²) in [4.78, 5) is 4.30. The van der Waals surface area contributed by atoms with Crippen LogP contribution in [0.1, 0.15) is 0 Å². The molecule has 0 atom stereocenters. The van der Waals surface area contributed by atoms with E-state index < -0.39 is 0 Å². The summed E-state index contributed by atoms with van der Waals surface area (Å²) in [6.07, 6.45) is 5.11. The number of furan rings is 1. The highest BCUT2D eigenvalue weighted by molar-refractivity contribution is 7.99. The molecule has 0 aliphatic carbocycles. The third-order valence-electron chi connectivity index (χ3n) is 2.42. The average molecular weight is 261 g/mol. The summed E-state index contributed by atoms with van der Waals surface area (Å²) in [5.74, 6) is 1.74. The summed E-state index contributed by atoms with van der Waals surface area (Å²) in [6, 6.07) is 3.76. The van der Waals surface area contributed by atoms with Crippen molar-refractivity contribution in [2.24, 2.45) is 0 Å². The van der Waals surface area contributed by atoms with Gasteiger partial charge in [-0.2, -0.15) is 10.3 Å². The minimum atomic E-state index is 0.800. The quantitative estimate of drug-likeness (QED) is 0.541. The maximum Gasteiger partial charge on any atom is 0.139 e. The largest absolute Gasteiger partial charge is 0.464 e. The molecule has 3 rings (SSSR count). The minimum Gasteiger partial charge on any atom is -0.464 e. The van der Waals surface area contributed by atoms with Gasteiger partial charge in [0.25, 0.3) is 0 Å². The van der Waals surface area contributed by atoms with Crippen LogP contribution in [0.25, 0.3) is 11.0 Å². The molecule has 0 amide bonds. The molecule has 3 aromatic rings. The Bertz CT molecular complexity index is 621. The number of nitrogens with one attached hydrogen (secondary N) is 2. The first-order chi connectivity index (χ1) is 8.93. The Morgan fingerprint density at radius 3 is 3.28 bits per heavy atom. The van der Waals surface area contributed by atoms with E-state index in [1.807, 2.05) is 12.1 Å². The molecular formula is C11H11N5OS. The molecular weight excluding hydrogens is 250 g/mol. The van der Waals surface area contributed by atoms with Crippen molar-refractivity contribution in [2.45, 2.75) is 5.03 Å². The SMILES string of the molecule is c1cc2occc2c(NCCSc2cn[nH]n2)n1. The van der Waals surface area contributed by atoms with Gasteiger partial charge in [-0.05, 0) is 12.1 Å². The highest BCUT2D eigenvalue weighted by Crippen LogP contribution is 2.21. The van der Waals surface area contributed by atoms with Crippen LogP contribution in [0.5, 0.6) is 0 Å². The Morgan fingerprint density at radius 1 is 1.39 bits per heavy atom. The highest BCUT2D eigenvalue weighted by Gasteiger charge is 2.04. The summed E-state index contributed by atoms with van der Waals surface area (Å²) in [5, 5.41) is 15.5. The molecule has 0 radical (unpaired) electrons. The maximum absolute atomic E-state index is 5.32. The minimum absolute atomic E-state index is 0.800. The summed E-state index contributed by atoms with van der Waals surface area (Å²) in [7, 11) is 0. The lowest BCUT2D eigenvalue weighted by molar-refractivity contribution is 0.615. The number of fused-ring (bicyclic) bond motifs is 1. The lowest BCUT2D eigenvalue weighted by Gasteiger charge is -2.04. The van der Waals surface area contributed by atoms with Crippen LogP contribution in [0.2, 0.25) is 0 Å². The van der Waals surface area contributed by atoms with Crippen molar-refractivity contribution in [2.75, 3.05) is 17.6 Å². The number of anilines is 1. The second-order valence-electron chi connectivity index (χ2n) is 3.58. The second kappa shape index (κ2) is 5.09. The van der Waals surface area contributed by atoms with Crippen LogP contribution in [0.4, 0.5) is 5.82 Å². The standard InChI is InChI=1S/C11H11N5OS/c1-3-12-11(8-2-5-17-9(1)8)13-4-6-18-10-7-14-16-15-10/h1-3,5,7H,4,6H2,(H,12,13)(H,14,15,16). The fraction of sp³-hybridized carbons (Fsp3) is 0.182. The van der Waals surface area contributed by atoms with Gasteiger partial charge < -0.3 is 9.73 Å². The Hall–Kier alpha value is -2.02. The zero-order chi connectivity index (χ0) is 12.2. The molecule has 0 spiro atoms. The second-order valence-corrected chi connectivity index (χ2v) is 4.69. The predicted molar refractivity (Wildman–Crippen MR) is 69.6 cm³/mol. The Balaban J connectivity index is 1.58. The molecule has 6 nitrogen and oxygen atoms in total. The topological polar surface area (TPSA) is 79.6 Å². The first-order valence-corrected chi connectivity index (χ1v) is 6.47. The van der Waals surface area contributed by atoms with Gasteiger partial charge in [0.05, 0.1) is 17.8 Å². The first kappa shape index (κ1) is 11.1. The van der Waals surface area contributed by atoms with Crippen LogP contribution < -0.4 is 5.32 Å². The Morgan fingerprint density at radius 2 is 2.39 bits per heavy atom. The maximum atomic E-state index is 5.32. The molecule has 92 valence electrons. The van der Waals surface area contributed by atoms with Gasteiger partial charge in [-0.3, -0.25) is 0 Å². The fourth-order valence-corrected chi connectivity index (χ4v) is 2.27. The van der Waals surface area contributed by atoms with Gasteiger partial charge in [0.15, 0.2) is 0 Å². The smallest absolute Gasteiger partial charge is 0.139 e. The molecule has 0 saturated carbocycles. The van der Waals surface area contributed by atoms with Crippen molar-refractivity contribution in [3.8, 4) is 0 Å². The highest BCUT2D eigenvalue weighted by atomic mass is 32.2. The Kier molecular flexibility index (Phi) is 3.14. The van der Waals surface area contributed by atoms with E-state index in [2.05, 4.69) is 25.7 Å². The van der Waals surface area contributed by atoms with Gasteiger partial charge in [0.2, 0.25) is 0 Å². The van der Waals surface area contributed by atoms with Crippen LogP contribution in [0.15, 0.2) is 40.2 Å². The number of aromatic amines is 1. The molecule has 2 N–H and O–H groups in total. The van der Waals surface area contributed by atoms with E-state index in [9.17, 15) is 0 Å². The molecule has 0 aromatic carbocycles. The van der Waals surface area contributed by atoms with Crippen LogP contribution in [-0.2, 0) is 0 Å². The van der Waals surface area contributed by atoms with Gasteiger partial charge in [-0.15, -0.1) is 16.9 Å². The van der Waals surface area contributed by atoms with Crippen LogP contribution in [0, 0.1) is 0 Å². The van der Waals surface area contributed by atoms with Crippen molar-refractivity contribution >= 4 is 28.5 Å². The summed E-state index contributed by atoms with van der Waals surface area (Å²) < 4.78 is 5.32. The third-order valence-corrected chi connectivity index (χ3v) is 3.32. The van der Waals surface area contributed by atoms with Crippen molar-refractivity contribution in [1.29, 1.82) is 0 Å². The number of hydrogen-bond acceptors (Lipinski definition) is 6. The van der Waals surface area contributed by atoms with Gasteiger partial charge in [-0.1, -0.05) is 0 Å². The normalized spacial score (nSPS) is 10.9. The number of H-pyrrole nitrogens is 1. The lowest BCUT2D eigenvalue weighted by Crippen LogP contribution is -2.05. The third kappa shape index (κ3) is 2.30. The molecule has 0 unspecified atom stereocenters. The lowest BCUT2D eigenvalue weighted by atomic mass is 10.3. The molecule has 0 fully saturated rings. The molecule has 18 heavy (non-hydrogen) atoms. The van der Waals surface area contributed by atoms with E-state index in [1.54, 1.807) is 30.4 Å². The van der Waals surface area contributed by atoms with Gasteiger partial charge in [-0.25, -0.2) is 4.98 Å². The number of nitrogens with zero attached hydrogens (tertiary/aromatic N) is 3. The molecule has 3 heterocycles. The van der Waals surface area contributed by atoms with E-state index in [0.717, 1.165) is 34.1 Å². The molecule has 0 aliphatic heterocycles. The van der Waals surface area contributed by atoms with E-state index in [1.165, 1.54) is 0 Å². The van der Waals surface area contributed by atoms with E-state index in [4.69, 9.17) is 4.42 Å². The van der Waals surface area contributed by atoms with E-state index >= 15 is 0 Å². The molecule has 7 heteroatoms. The fourth-order valence-electron chi connectivity index (χ4n) is 1.62. The number of pyridine rings is 1. The molecule has 3 aromatic heterocycles. The predicted octanol–water partition coefficient (Wildman–Crippen LogP) is 2.15. The number of rotatable bonds is 5. The van der Waals surface area contributed by atoms with E-state index in [-0.39, 0.29) is 0 Å². The van der Waals surface area contributed by atoms with Crippen LogP contribution >= 0.6 is 11.8 Å². The summed E-state index contributed by atoms with van der Waals surface area (Å²) in [5.41, 5.74) is 0.844. The van der Waals surface area contributed by atoms with Gasteiger partial charge in [0.1, 0.15) is 16.4 Å². The Labute approximate surface area is 107 Å². The molecule has 0 bridgehead atoms. The summed E-state index contributed by atoms with van der Waals surface area (Å²) in [6.45, 7) is 0.800. The molecule has 0 saturated heterocycles. The number of hydrogen-bond donors (Lipinski definition) is 2. The first-order valence-electron chi connectivity index (χ1n) is 5.48. The monoisotopic (exact) mass is 261 g/mol. The van der Waals surface area contributed by atoms with Crippen molar-refractivity contribution in [1.82, 2.24) is 20.4 Å². The van der Waals surface area contributed by atoms with Crippen molar-refractivity contribution in [3.63, 3.8) is 0 Å². The van der Waals surface area contributed by atoms with Crippen molar-refractivity contribution < 1.29 is 4.42 Å².